The van der Waals surface area contributed by atoms with Crippen LogP contribution in [0, 0.1) is 0 Å². The van der Waals surface area contributed by atoms with Gasteiger partial charge in [0.25, 0.3) is 0 Å². The van der Waals surface area contributed by atoms with E-state index in [1.165, 1.54) is 11.1 Å². The Kier molecular flexibility index (Phi) is 3.09. The minimum absolute atomic E-state index is 0.472. The van der Waals surface area contributed by atoms with Crippen molar-refractivity contribution in [3.05, 3.63) is 46.0 Å². The second-order valence-electron chi connectivity index (χ2n) is 4.39. The molecule has 1 aromatic heterocycles. The normalized spacial score (nSPS) is 13.4. The number of nitrogens with zero attached hydrogens (tertiary/aromatic N) is 2. The minimum atomic E-state index is 0.472. The maximum Gasteiger partial charge on any atom is 0.127 e. The summed E-state index contributed by atoms with van der Waals surface area (Å²) >= 11 is 3.55. The molecule has 1 aliphatic rings. The number of hydrogen-bond acceptors (Lipinski definition) is 3. The summed E-state index contributed by atoms with van der Waals surface area (Å²) < 4.78 is 8.84. The van der Waals surface area contributed by atoms with Gasteiger partial charge in [-0.1, -0.05) is 15.9 Å². The Bertz CT molecular complexity index is 580. The van der Waals surface area contributed by atoms with E-state index in [4.69, 9.17) is 10.5 Å². The van der Waals surface area contributed by atoms with E-state index in [0.717, 1.165) is 35.5 Å². The van der Waals surface area contributed by atoms with Crippen LogP contribution < -0.4 is 10.5 Å². The van der Waals surface area contributed by atoms with Gasteiger partial charge in [0.15, 0.2) is 0 Å². The Morgan fingerprint density at radius 3 is 3.11 bits per heavy atom. The largest absolute Gasteiger partial charge is 0.493 e. The summed E-state index contributed by atoms with van der Waals surface area (Å²) in [7, 11) is 0. The van der Waals surface area contributed by atoms with Crippen LogP contribution in [0.15, 0.2) is 29.1 Å². The lowest BCUT2D eigenvalue weighted by Gasteiger charge is -2.09. The number of hydrogen-bond donors (Lipinski definition) is 1. The molecular formula is C13H14BrN3O. The number of nitrogens with two attached hydrogens (primary N) is 1. The van der Waals surface area contributed by atoms with Crippen molar-refractivity contribution in [3.8, 4) is 5.75 Å². The fourth-order valence-electron chi connectivity index (χ4n) is 2.26. The smallest absolute Gasteiger partial charge is 0.127 e. The first kappa shape index (κ1) is 11.7. The molecule has 0 fully saturated rings. The average molecular weight is 308 g/mol. The quantitative estimate of drug-likeness (QED) is 0.944. The Hall–Kier alpha value is -1.33. The molecule has 0 spiro atoms. The Morgan fingerprint density at radius 2 is 2.33 bits per heavy atom. The van der Waals surface area contributed by atoms with Gasteiger partial charge in [0.05, 0.1) is 25.2 Å². The van der Waals surface area contributed by atoms with E-state index in [1.807, 2.05) is 17.1 Å². The summed E-state index contributed by atoms with van der Waals surface area (Å²) in [5.41, 5.74) is 8.92. The number of imidazole rings is 1. The highest BCUT2D eigenvalue weighted by Gasteiger charge is 2.17. The maximum atomic E-state index is 5.71. The zero-order valence-corrected chi connectivity index (χ0v) is 11.5. The molecule has 1 aromatic carbocycles. The third-order valence-electron chi connectivity index (χ3n) is 3.07. The van der Waals surface area contributed by atoms with Gasteiger partial charge in [0, 0.05) is 29.2 Å². The van der Waals surface area contributed by atoms with Crippen molar-refractivity contribution in [2.24, 2.45) is 5.73 Å². The fraction of sp³-hybridized carbons (Fsp3) is 0.308. The van der Waals surface area contributed by atoms with Crippen molar-refractivity contribution < 1.29 is 4.74 Å². The van der Waals surface area contributed by atoms with Crippen molar-refractivity contribution in [3.63, 3.8) is 0 Å². The third kappa shape index (κ3) is 2.15. The topological polar surface area (TPSA) is 53.1 Å². The Balaban J connectivity index is 1.92. The minimum Gasteiger partial charge on any atom is -0.493 e. The van der Waals surface area contributed by atoms with Gasteiger partial charge in [-0.2, -0.15) is 0 Å². The Morgan fingerprint density at radius 1 is 1.44 bits per heavy atom. The second kappa shape index (κ2) is 4.74. The molecule has 3 rings (SSSR count). The third-order valence-corrected chi connectivity index (χ3v) is 3.53. The maximum absolute atomic E-state index is 5.71. The molecular weight excluding hydrogens is 294 g/mol. The van der Waals surface area contributed by atoms with Crippen LogP contribution in [0.1, 0.15) is 16.8 Å². The van der Waals surface area contributed by atoms with E-state index >= 15 is 0 Å². The van der Waals surface area contributed by atoms with Gasteiger partial charge < -0.3 is 15.0 Å². The van der Waals surface area contributed by atoms with E-state index in [1.54, 1.807) is 0 Å². The summed E-state index contributed by atoms with van der Waals surface area (Å²) in [6.07, 6.45) is 4.77. The molecule has 0 amide bonds. The number of rotatable bonds is 3. The number of aromatic nitrogens is 2. The van der Waals surface area contributed by atoms with Gasteiger partial charge in [0.2, 0.25) is 0 Å². The van der Waals surface area contributed by atoms with Crippen molar-refractivity contribution >= 4 is 15.9 Å². The van der Waals surface area contributed by atoms with E-state index < -0.39 is 0 Å². The van der Waals surface area contributed by atoms with Gasteiger partial charge in [-0.25, -0.2) is 4.98 Å². The summed E-state index contributed by atoms with van der Waals surface area (Å²) in [5, 5.41) is 0. The Labute approximate surface area is 114 Å². The summed E-state index contributed by atoms with van der Waals surface area (Å²) in [4.78, 5) is 4.23. The fourth-order valence-corrected chi connectivity index (χ4v) is 2.81. The van der Waals surface area contributed by atoms with Gasteiger partial charge in [-0.3, -0.25) is 0 Å². The standard InChI is InChI=1S/C13H14BrN3O/c14-11-3-9-1-2-18-13(9)10(4-11)6-17-7-12(5-15)16-8-17/h3-4,7-8H,1-2,5-6,15H2. The lowest BCUT2D eigenvalue weighted by atomic mass is 10.1. The molecule has 0 radical (unpaired) electrons. The van der Waals surface area contributed by atoms with Crippen LogP contribution in [-0.4, -0.2) is 16.2 Å². The number of halogens is 1. The molecule has 0 unspecified atom stereocenters. The number of ether oxygens (including phenoxy) is 1. The molecule has 2 heterocycles. The first-order valence-electron chi connectivity index (χ1n) is 5.91. The van der Waals surface area contributed by atoms with E-state index in [-0.39, 0.29) is 0 Å². The van der Waals surface area contributed by atoms with Crippen LogP contribution in [-0.2, 0) is 19.5 Å². The van der Waals surface area contributed by atoms with E-state index in [0.29, 0.717) is 6.54 Å². The zero-order valence-electron chi connectivity index (χ0n) is 9.90. The molecule has 0 saturated carbocycles. The molecule has 0 bridgehead atoms. The highest BCUT2D eigenvalue weighted by Crippen LogP contribution is 2.33. The molecule has 18 heavy (non-hydrogen) atoms. The molecule has 0 atom stereocenters. The van der Waals surface area contributed by atoms with Gasteiger partial charge in [0.1, 0.15) is 5.75 Å². The van der Waals surface area contributed by atoms with E-state index in [9.17, 15) is 0 Å². The van der Waals surface area contributed by atoms with Crippen LogP contribution in [0.3, 0.4) is 0 Å². The van der Waals surface area contributed by atoms with Crippen LogP contribution in [0.2, 0.25) is 0 Å². The molecule has 2 N–H and O–H groups in total. The molecule has 0 aliphatic carbocycles. The molecule has 0 saturated heterocycles. The van der Waals surface area contributed by atoms with Crippen molar-refractivity contribution in [2.45, 2.75) is 19.5 Å². The highest BCUT2D eigenvalue weighted by molar-refractivity contribution is 9.10. The lowest BCUT2D eigenvalue weighted by Crippen LogP contribution is -2.00. The van der Waals surface area contributed by atoms with Crippen molar-refractivity contribution in [1.29, 1.82) is 0 Å². The molecule has 5 heteroatoms. The van der Waals surface area contributed by atoms with Crippen LogP contribution in [0.5, 0.6) is 5.75 Å². The molecule has 1 aliphatic heterocycles. The molecule has 4 nitrogen and oxygen atoms in total. The van der Waals surface area contributed by atoms with Crippen molar-refractivity contribution in [1.82, 2.24) is 9.55 Å². The van der Waals surface area contributed by atoms with Gasteiger partial charge >= 0.3 is 0 Å². The lowest BCUT2D eigenvalue weighted by molar-refractivity contribution is 0.352. The SMILES string of the molecule is NCc1cn(Cc2cc(Br)cc3c2OCC3)cn1. The number of fused-ring (bicyclic) bond motifs is 1. The van der Waals surface area contributed by atoms with Crippen LogP contribution in [0.25, 0.3) is 0 Å². The first-order valence-corrected chi connectivity index (χ1v) is 6.70. The van der Waals surface area contributed by atoms with Gasteiger partial charge in [-0.15, -0.1) is 0 Å². The predicted molar refractivity (Wildman–Crippen MR) is 72.6 cm³/mol. The summed E-state index contributed by atoms with van der Waals surface area (Å²) in [6.45, 7) is 2.01. The molecule has 2 aromatic rings. The van der Waals surface area contributed by atoms with Gasteiger partial charge in [-0.05, 0) is 17.7 Å². The van der Waals surface area contributed by atoms with Crippen LogP contribution in [0.4, 0.5) is 0 Å². The summed E-state index contributed by atoms with van der Waals surface area (Å²) in [6, 6.07) is 4.23. The first-order chi connectivity index (χ1) is 8.76. The van der Waals surface area contributed by atoms with E-state index in [2.05, 4.69) is 33.0 Å². The van der Waals surface area contributed by atoms with Crippen LogP contribution >= 0.6 is 15.9 Å². The van der Waals surface area contributed by atoms with Crippen molar-refractivity contribution in [2.75, 3.05) is 6.61 Å². The molecule has 94 valence electrons. The zero-order chi connectivity index (χ0) is 12.5. The highest BCUT2D eigenvalue weighted by atomic mass is 79.9. The number of benzene rings is 1. The second-order valence-corrected chi connectivity index (χ2v) is 5.31. The average Bonchev–Trinajstić information content (AvgIpc) is 2.97. The monoisotopic (exact) mass is 307 g/mol. The summed E-state index contributed by atoms with van der Waals surface area (Å²) in [5.74, 6) is 1.03. The predicted octanol–water partition coefficient (Wildman–Crippen LogP) is 2.09.